The van der Waals surface area contributed by atoms with E-state index in [-0.39, 0.29) is 24.4 Å². The van der Waals surface area contributed by atoms with Gasteiger partial charge in [0.15, 0.2) is 0 Å². The van der Waals surface area contributed by atoms with E-state index in [2.05, 4.69) is 5.32 Å². The molecule has 1 aliphatic heterocycles. The molecule has 0 spiro atoms. The van der Waals surface area contributed by atoms with E-state index in [1.54, 1.807) is 4.90 Å². The molecular formula is C14H21ClN2O. The summed E-state index contributed by atoms with van der Waals surface area (Å²) in [5.74, 6) is 0.176. The molecule has 0 aliphatic carbocycles. The van der Waals surface area contributed by atoms with Crippen LogP contribution in [0, 0.1) is 6.92 Å². The first-order valence-corrected chi connectivity index (χ1v) is 6.26. The fourth-order valence-corrected chi connectivity index (χ4v) is 2.26. The molecule has 0 aromatic heterocycles. The fraction of sp³-hybridized carbons (Fsp3) is 0.500. The number of benzene rings is 1. The number of halogens is 1. The minimum Gasteiger partial charge on any atom is -0.314 e. The van der Waals surface area contributed by atoms with Crippen LogP contribution in [-0.2, 0) is 4.79 Å². The van der Waals surface area contributed by atoms with Crippen LogP contribution >= 0.6 is 12.4 Å². The Kier molecular flexibility index (Phi) is 5.63. The maximum absolute atomic E-state index is 12.3. The summed E-state index contributed by atoms with van der Waals surface area (Å²) in [7, 11) is 1.85. The van der Waals surface area contributed by atoms with Crippen LogP contribution in [0.1, 0.15) is 24.8 Å². The van der Waals surface area contributed by atoms with Crippen LogP contribution < -0.4 is 10.2 Å². The number of anilines is 1. The van der Waals surface area contributed by atoms with Crippen LogP contribution in [-0.4, -0.2) is 25.5 Å². The van der Waals surface area contributed by atoms with E-state index in [0.717, 1.165) is 25.1 Å². The van der Waals surface area contributed by atoms with Crippen molar-refractivity contribution in [1.82, 2.24) is 5.32 Å². The first-order chi connectivity index (χ1) is 8.18. The van der Waals surface area contributed by atoms with Crippen molar-refractivity contribution in [3.8, 4) is 0 Å². The summed E-state index contributed by atoms with van der Waals surface area (Å²) < 4.78 is 0. The fourth-order valence-electron chi connectivity index (χ4n) is 2.26. The van der Waals surface area contributed by atoms with E-state index in [0.29, 0.717) is 0 Å². The lowest BCUT2D eigenvalue weighted by Gasteiger charge is -2.27. The summed E-state index contributed by atoms with van der Waals surface area (Å²) in [5.41, 5.74) is 2.15. The van der Waals surface area contributed by atoms with Gasteiger partial charge in [0.25, 0.3) is 0 Å². The molecule has 100 valence electrons. The minimum atomic E-state index is -0.00531. The number of hydrogen-bond acceptors (Lipinski definition) is 2. The van der Waals surface area contributed by atoms with Gasteiger partial charge in [-0.1, -0.05) is 18.6 Å². The highest BCUT2D eigenvalue weighted by Gasteiger charge is 2.24. The van der Waals surface area contributed by atoms with Gasteiger partial charge in [-0.2, -0.15) is 0 Å². The zero-order valence-electron chi connectivity index (χ0n) is 11.0. The lowest BCUT2D eigenvalue weighted by Crippen LogP contribution is -2.47. The summed E-state index contributed by atoms with van der Waals surface area (Å²) in [4.78, 5) is 14.0. The first kappa shape index (κ1) is 15.0. The molecule has 2 rings (SSSR count). The van der Waals surface area contributed by atoms with E-state index in [9.17, 15) is 4.79 Å². The SMILES string of the molecule is Cc1cccc(N(C)C(=O)[C@H]2CCCCN2)c1.Cl. The van der Waals surface area contributed by atoms with Gasteiger partial charge in [0.05, 0.1) is 6.04 Å². The van der Waals surface area contributed by atoms with Gasteiger partial charge in [-0.3, -0.25) is 4.79 Å². The lowest BCUT2D eigenvalue weighted by molar-refractivity contribution is -0.120. The van der Waals surface area contributed by atoms with Crippen LogP contribution in [0.3, 0.4) is 0 Å². The highest BCUT2D eigenvalue weighted by atomic mass is 35.5. The second-order valence-electron chi connectivity index (χ2n) is 4.74. The topological polar surface area (TPSA) is 32.3 Å². The van der Waals surface area contributed by atoms with E-state index in [1.165, 1.54) is 12.0 Å². The molecule has 0 radical (unpaired) electrons. The number of hydrogen-bond donors (Lipinski definition) is 1. The number of amides is 1. The van der Waals surface area contributed by atoms with Crippen molar-refractivity contribution in [2.24, 2.45) is 0 Å². The smallest absolute Gasteiger partial charge is 0.243 e. The molecule has 0 saturated carbocycles. The molecule has 1 aromatic rings. The molecular weight excluding hydrogens is 248 g/mol. The third kappa shape index (κ3) is 3.47. The number of rotatable bonds is 2. The molecule has 1 aromatic carbocycles. The largest absolute Gasteiger partial charge is 0.314 e. The molecule has 1 amide bonds. The first-order valence-electron chi connectivity index (χ1n) is 6.26. The van der Waals surface area contributed by atoms with Crippen LogP contribution in [0.15, 0.2) is 24.3 Å². The molecule has 1 atom stereocenters. The Morgan fingerprint density at radius 1 is 1.39 bits per heavy atom. The average molecular weight is 269 g/mol. The van der Waals surface area contributed by atoms with Gasteiger partial charge < -0.3 is 10.2 Å². The molecule has 1 saturated heterocycles. The van der Waals surface area contributed by atoms with E-state index < -0.39 is 0 Å². The summed E-state index contributed by atoms with van der Waals surface area (Å²) in [6.45, 7) is 3.00. The Bertz CT molecular complexity index is 403. The summed E-state index contributed by atoms with van der Waals surface area (Å²) in [5, 5.41) is 3.29. The Labute approximate surface area is 115 Å². The van der Waals surface area contributed by atoms with Gasteiger partial charge in [-0.15, -0.1) is 12.4 Å². The van der Waals surface area contributed by atoms with E-state index in [4.69, 9.17) is 0 Å². The summed E-state index contributed by atoms with van der Waals surface area (Å²) >= 11 is 0. The van der Waals surface area contributed by atoms with Crippen molar-refractivity contribution in [2.45, 2.75) is 32.2 Å². The number of carbonyl (C=O) groups excluding carboxylic acids is 1. The number of piperidine rings is 1. The standard InChI is InChI=1S/C14H20N2O.ClH/c1-11-6-5-7-12(10-11)16(2)14(17)13-8-3-4-9-15-13;/h5-7,10,13,15H,3-4,8-9H2,1-2H3;1H/t13-;/m1./s1. The number of nitrogens with zero attached hydrogens (tertiary/aromatic N) is 1. The lowest BCUT2D eigenvalue weighted by atomic mass is 10.0. The second kappa shape index (κ2) is 6.76. The molecule has 0 unspecified atom stereocenters. The molecule has 1 heterocycles. The predicted molar refractivity (Wildman–Crippen MR) is 77.5 cm³/mol. The molecule has 1 N–H and O–H groups in total. The van der Waals surface area contributed by atoms with Gasteiger partial charge in [-0.25, -0.2) is 0 Å². The Balaban J connectivity index is 0.00000162. The molecule has 1 aliphatic rings. The predicted octanol–water partition coefficient (Wildman–Crippen LogP) is 2.52. The summed E-state index contributed by atoms with van der Waals surface area (Å²) in [6.07, 6.45) is 3.28. The third-order valence-electron chi connectivity index (χ3n) is 3.33. The van der Waals surface area contributed by atoms with Crippen molar-refractivity contribution < 1.29 is 4.79 Å². The minimum absolute atomic E-state index is 0. The van der Waals surface area contributed by atoms with Crippen LogP contribution in [0.25, 0.3) is 0 Å². The quantitative estimate of drug-likeness (QED) is 0.894. The van der Waals surface area contributed by atoms with Crippen LogP contribution in [0.4, 0.5) is 5.69 Å². The van der Waals surface area contributed by atoms with Gasteiger partial charge in [0, 0.05) is 12.7 Å². The number of aryl methyl sites for hydroxylation is 1. The normalized spacial score (nSPS) is 18.9. The van der Waals surface area contributed by atoms with E-state index >= 15 is 0 Å². The maximum atomic E-state index is 12.3. The average Bonchev–Trinajstić information content (AvgIpc) is 2.38. The molecule has 1 fully saturated rings. The molecule has 18 heavy (non-hydrogen) atoms. The Hall–Kier alpha value is -1.06. The van der Waals surface area contributed by atoms with Gasteiger partial charge in [0.1, 0.15) is 0 Å². The monoisotopic (exact) mass is 268 g/mol. The summed E-state index contributed by atoms with van der Waals surface area (Å²) in [6, 6.07) is 8.05. The number of nitrogens with one attached hydrogen (secondary N) is 1. The molecule has 0 bridgehead atoms. The zero-order valence-corrected chi connectivity index (χ0v) is 11.8. The van der Waals surface area contributed by atoms with Gasteiger partial charge in [0.2, 0.25) is 5.91 Å². The Morgan fingerprint density at radius 3 is 2.78 bits per heavy atom. The van der Waals surface area contributed by atoms with Crippen molar-refractivity contribution in [2.75, 3.05) is 18.5 Å². The highest BCUT2D eigenvalue weighted by molar-refractivity contribution is 5.96. The molecule has 4 heteroatoms. The second-order valence-corrected chi connectivity index (χ2v) is 4.74. The number of carbonyl (C=O) groups is 1. The van der Waals surface area contributed by atoms with Crippen molar-refractivity contribution in [3.05, 3.63) is 29.8 Å². The number of likely N-dealkylation sites (N-methyl/N-ethyl adjacent to an activating group) is 1. The Morgan fingerprint density at radius 2 is 2.17 bits per heavy atom. The van der Waals surface area contributed by atoms with Crippen LogP contribution in [0.2, 0.25) is 0 Å². The van der Waals surface area contributed by atoms with Gasteiger partial charge in [-0.05, 0) is 44.0 Å². The van der Waals surface area contributed by atoms with Crippen molar-refractivity contribution in [1.29, 1.82) is 0 Å². The highest BCUT2D eigenvalue weighted by Crippen LogP contribution is 2.17. The maximum Gasteiger partial charge on any atom is 0.243 e. The van der Waals surface area contributed by atoms with Gasteiger partial charge >= 0.3 is 0 Å². The third-order valence-corrected chi connectivity index (χ3v) is 3.33. The van der Waals surface area contributed by atoms with Crippen molar-refractivity contribution in [3.63, 3.8) is 0 Å². The van der Waals surface area contributed by atoms with E-state index in [1.807, 2.05) is 38.2 Å². The molecule has 3 nitrogen and oxygen atoms in total. The van der Waals surface area contributed by atoms with Crippen molar-refractivity contribution >= 4 is 24.0 Å². The van der Waals surface area contributed by atoms with Crippen LogP contribution in [0.5, 0.6) is 0 Å². The zero-order chi connectivity index (χ0) is 12.3.